The highest BCUT2D eigenvalue weighted by molar-refractivity contribution is 7.92. The molecule has 140 valence electrons. The number of aromatic nitrogens is 1. The van der Waals surface area contributed by atoms with Crippen LogP contribution in [0.4, 0.5) is 5.69 Å². The van der Waals surface area contributed by atoms with Crippen molar-refractivity contribution in [3.63, 3.8) is 0 Å². The normalized spacial score (nSPS) is 14.3. The molecule has 1 fully saturated rings. The van der Waals surface area contributed by atoms with Crippen LogP contribution >= 0.6 is 11.6 Å². The van der Waals surface area contributed by atoms with E-state index >= 15 is 0 Å². The summed E-state index contributed by atoms with van der Waals surface area (Å²) in [6.45, 7) is 3.51. The number of aryl methyl sites for hydroxylation is 2. The number of hydrogen-bond donors (Lipinski definition) is 1. The van der Waals surface area contributed by atoms with Gasteiger partial charge >= 0.3 is 0 Å². The summed E-state index contributed by atoms with van der Waals surface area (Å²) in [5.41, 5.74) is 3.29. The van der Waals surface area contributed by atoms with Gasteiger partial charge in [0.1, 0.15) is 12.0 Å². The zero-order valence-electron chi connectivity index (χ0n) is 15.0. The van der Waals surface area contributed by atoms with Gasteiger partial charge in [0.25, 0.3) is 10.0 Å². The molecule has 0 amide bonds. The first-order chi connectivity index (χ1) is 12.8. The van der Waals surface area contributed by atoms with Crippen molar-refractivity contribution in [2.45, 2.75) is 37.5 Å². The van der Waals surface area contributed by atoms with E-state index < -0.39 is 10.0 Å². The van der Waals surface area contributed by atoms with Crippen molar-refractivity contribution in [3.8, 4) is 11.3 Å². The Hall–Kier alpha value is -2.31. The van der Waals surface area contributed by atoms with Gasteiger partial charge in [0.05, 0.1) is 4.90 Å². The molecule has 1 N–H and O–H groups in total. The molecule has 1 aliphatic carbocycles. The number of hydrogen-bond acceptors (Lipinski definition) is 4. The Morgan fingerprint density at radius 2 is 1.93 bits per heavy atom. The first kappa shape index (κ1) is 18.1. The minimum absolute atomic E-state index is 0.215. The van der Waals surface area contributed by atoms with Crippen LogP contribution in [0.5, 0.6) is 0 Å². The monoisotopic (exact) mass is 402 g/mol. The second-order valence-corrected chi connectivity index (χ2v) is 8.96. The maximum Gasteiger partial charge on any atom is 0.262 e. The number of anilines is 1. The topological polar surface area (TPSA) is 72.2 Å². The van der Waals surface area contributed by atoms with Gasteiger partial charge in [-0.05, 0) is 62.1 Å². The van der Waals surface area contributed by atoms with E-state index in [-0.39, 0.29) is 4.90 Å². The Bertz CT molecular complexity index is 1120. The van der Waals surface area contributed by atoms with Gasteiger partial charge in [-0.25, -0.2) is 13.4 Å². The maximum absolute atomic E-state index is 12.8. The Labute approximate surface area is 163 Å². The van der Waals surface area contributed by atoms with Gasteiger partial charge in [0.2, 0.25) is 0 Å². The number of halogens is 1. The minimum Gasteiger partial charge on any atom is -0.448 e. The number of sulfonamides is 1. The average Bonchev–Trinajstić information content (AvgIpc) is 3.35. The average molecular weight is 403 g/mol. The van der Waals surface area contributed by atoms with Crippen LogP contribution in [0.15, 0.2) is 52.0 Å². The number of benzene rings is 2. The summed E-state index contributed by atoms with van der Waals surface area (Å²) in [5.74, 6) is 1.18. The van der Waals surface area contributed by atoms with Crippen LogP contribution in [0.2, 0.25) is 5.02 Å². The number of nitrogens with one attached hydrogen (secondary N) is 1. The summed E-state index contributed by atoms with van der Waals surface area (Å²) in [5, 5.41) is 0.547. The molecule has 3 aromatic rings. The van der Waals surface area contributed by atoms with Crippen LogP contribution in [0, 0.1) is 13.8 Å². The molecule has 0 spiro atoms. The molecule has 2 aromatic carbocycles. The maximum atomic E-state index is 12.8. The van der Waals surface area contributed by atoms with Gasteiger partial charge in [0.15, 0.2) is 5.89 Å². The molecular formula is C20H19ClN2O3S. The molecule has 27 heavy (non-hydrogen) atoms. The number of nitrogens with zero attached hydrogens (tertiary/aromatic N) is 1. The van der Waals surface area contributed by atoms with Gasteiger partial charge in [-0.1, -0.05) is 23.7 Å². The minimum atomic E-state index is -3.73. The third-order valence-corrected chi connectivity index (χ3v) is 6.54. The third kappa shape index (κ3) is 3.73. The van der Waals surface area contributed by atoms with Crippen molar-refractivity contribution in [3.05, 3.63) is 64.7 Å². The SMILES string of the molecule is Cc1cc(S(=O)(=O)Nc2cccc(-c3coc(C4CC4)n3)c2)c(C)cc1Cl. The molecule has 0 aliphatic heterocycles. The molecular weight excluding hydrogens is 384 g/mol. The molecule has 4 rings (SSSR count). The summed E-state index contributed by atoms with van der Waals surface area (Å²) in [6.07, 6.45) is 3.84. The van der Waals surface area contributed by atoms with Crippen LogP contribution in [0.25, 0.3) is 11.3 Å². The highest BCUT2D eigenvalue weighted by Gasteiger charge is 2.28. The summed E-state index contributed by atoms with van der Waals surface area (Å²) < 4.78 is 33.9. The first-order valence-electron chi connectivity index (χ1n) is 8.69. The van der Waals surface area contributed by atoms with Crippen molar-refractivity contribution < 1.29 is 12.8 Å². The molecule has 0 bridgehead atoms. The molecule has 1 heterocycles. The van der Waals surface area contributed by atoms with Gasteiger partial charge in [-0.15, -0.1) is 0 Å². The fourth-order valence-electron chi connectivity index (χ4n) is 2.93. The summed E-state index contributed by atoms with van der Waals surface area (Å²) in [6, 6.07) is 10.4. The quantitative estimate of drug-likeness (QED) is 0.629. The molecule has 1 aromatic heterocycles. The van der Waals surface area contributed by atoms with E-state index in [4.69, 9.17) is 16.0 Å². The predicted molar refractivity (Wildman–Crippen MR) is 106 cm³/mol. The Morgan fingerprint density at radius 1 is 1.15 bits per heavy atom. The largest absolute Gasteiger partial charge is 0.448 e. The molecule has 0 saturated heterocycles. The second-order valence-electron chi connectivity index (χ2n) is 6.90. The van der Waals surface area contributed by atoms with Crippen molar-refractivity contribution in [2.24, 2.45) is 0 Å². The van der Waals surface area contributed by atoms with E-state index in [1.807, 2.05) is 6.07 Å². The van der Waals surface area contributed by atoms with Crippen LogP contribution in [0.1, 0.15) is 35.8 Å². The first-order valence-corrected chi connectivity index (χ1v) is 10.5. The molecule has 0 atom stereocenters. The van der Waals surface area contributed by atoms with Gasteiger partial charge in [0, 0.05) is 22.2 Å². The van der Waals surface area contributed by atoms with Crippen LogP contribution in [0.3, 0.4) is 0 Å². The lowest BCUT2D eigenvalue weighted by Gasteiger charge is -2.12. The molecule has 0 radical (unpaired) electrons. The van der Waals surface area contributed by atoms with E-state index in [1.54, 1.807) is 50.4 Å². The number of oxazole rings is 1. The standard InChI is InChI=1S/C20H19ClN2O3S/c1-12-9-19(13(2)8-17(12)21)27(24,25)23-16-5-3-4-15(10-16)18-11-26-20(22-18)14-6-7-14/h3-5,8-11,14,23H,6-7H2,1-2H3. The van der Waals surface area contributed by atoms with E-state index in [2.05, 4.69) is 9.71 Å². The van der Waals surface area contributed by atoms with Crippen LogP contribution < -0.4 is 4.72 Å². The smallest absolute Gasteiger partial charge is 0.262 e. The summed E-state index contributed by atoms with van der Waals surface area (Å²) >= 11 is 6.08. The highest BCUT2D eigenvalue weighted by Crippen LogP contribution is 2.40. The number of rotatable bonds is 5. The van der Waals surface area contributed by atoms with E-state index in [0.717, 1.165) is 24.3 Å². The van der Waals surface area contributed by atoms with E-state index in [9.17, 15) is 8.42 Å². The molecule has 0 unspecified atom stereocenters. The zero-order chi connectivity index (χ0) is 19.2. The van der Waals surface area contributed by atoms with Gasteiger partial charge < -0.3 is 4.42 Å². The Balaban J connectivity index is 1.63. The van der Waals surface area contributed by atoms with Crippen molar-refractivity contribution in [2.75, 3.05) is 4.72 Å². The second kappa shape index (κ2) is 6.69. The van der Waals surface area contributed by atoms with Crippen LogP contribution in [-0.2, 0) is 10.0 Å². The Kier molecular flexibility index (Phi) is 4.48. The zero-order valence-corrected chi connectivity index (χ0v) is 16.6. The molecule has 1 aliphatic rings. The summed E-state index contributed by atoms with van der Waals surface area (Å²) in [4.78, 5) is 4.73. The molecule has 5 nitrogen and oxygen atoms in total. The van der Waals surface area contributed by atoms with Crippen molar-refractivity contribution in [1.29, 1.82) is 0 Å². The predicted octanol–water partition coefficient (Wildman–Crippen LogP) is 5.29. The molecule has 1 saturated carbocycles. The summed E-state index contributed by atoms with van der Waals surface area (Å²) in [7, 11) is -3.73. The fourth-order valence-corrected chi connectivity index (χ4v) is 4.51. The van der Waals surface area contributed by atoms with Crippen LogP contribution in [-0.4, -0.2) is 13.4 Å². The van der Waals surface area contributed by atoms with Crippen molar-refractivity contribution in [1.82, 2.24) is 4.98 Å². The van der Waals surface area contributed by atoms with Gasteiger partial charge in [-0.2, -0.15) is 0 Å². The van der Waals surface area contributed by atoms with E-state index in [1.165, 1.54) is 0 Å². The lowest BCUT2D eigenvalue weighted by molar-refractivity contribution is 0.497. The van der Waals surface area contributed by atoms with Gasteiger partial charge in [-0.3, -0.25) is 4.72 Å². The lowest BCUT2D eigenvalue weighted by atomic mass is 10.1. The van der Waals surface area contributed by atoms with E-state index in [0.29, 0.717) is 33.4 Å². The third-order valence-electron chi connectivity index (χ3n) is 4.60. The highest BCUT2D eigenvalue weighted by atomic mass is 35.5. The lowest BCUT2D eigenvalue weighted by Crippen LogP contribution is -2.14. The van der Waals surface area contributed by atoms with Crippen molar-refractivity contribution >= 4 is 27.3 Å². The molecule has 7 heteroatoms. The fraction of sp³-hybridized carbons (Fsp3) is 0.250. The Morgan fingerprint density at radius 3 is 2.67 bits per heavy atom.